The number of carbonyl (C=O) groups is 2. The lowest BCUT2D eigenvalue weighted by Crippen LogP contribution is -2.43. The fraction of sp³-hybridized carbons (Fsp3) is 0.292. The maximum atomic E-state index is 15.8. The van der Waals surface area contributed by atoms with Crippen LogP contribution in [-0.4, -0.2) is 69.3 Å². The number of ether oxygens (including phenoxy) is 1. The molecule has 0 spiro atoms. The van der Waals surface area contributed by atoms with E-state index in [0.717, 1.165) is 11.3 Å². The van der Waals surface area contributed by atoms with Crippen LogP contribution in [0.3, 0.4) is 0 Å². The number of fused-ring (bicyclic) bond motifs is 3. The van der Waals surface area contributed by atoms with Crippen molar-refractivity contribution in [3.05, 3.63) is 68.3 Å². The molecule has 5 rings (SSSR count). The van der Waals surface area contributed by atoms with Gasteiger partial charge >= 0.3 is 5.97 Å². The van der Waals surface area contributed by atoms with Gasteiger partial charge in [0.1, 0.15) is 22.7 Å². The Bertz CT molecular complexity index is 1790. The molecule has 0 bridgehead atoms. The summed E-state index contributed by atoms with van der Waals surface area (Å²) in [5, 5.41) is 14.5. The Kier molecular flexibility index (Phi) is 7.14. The van der Waals surface area contributed by atoms with Gasteiger partial charge in [-0.25, -0.2) is 32.1 Å². The minimum atomic E-state index is -3.57. The van der Waals surface area contributed by atoms with Gasteiger partial charge in [-0.05, 0) is 37.6 Å². The van der Waals surface area contributed by atoms with Crippen molar-refractivity contribution in [3.63, 3.8) is 0 Å². The third-order valence-electron chi connectivity index (χ3n) is 6.29. The smallest absolute Gasteiger partial charge is 0.336 e. The molecule has 16 heteroatoms. The molecule has 1 atom stereocenters. The van der Waals surface area contributed by atoms with Crippen LogP contribution < -0.4 is 9.46 Å². The summed E-state index contributed by atoms with van der Waals surface area (Å²) in [6, 6.07) is 4.41. The molecular weight excluding hydrogens is 587 g/mol. The number of nitrogens with zero attached hydrogens (tertiary/aromatic N) is 5. The standard InChI is InChI=1S/C24H22ClFN6O6S2/c1-11-13(23(34)35)4-5-14(19(11)26)20-21-15(27-24-32(21)29-12(2)39-24)8-9-31(20)18(33)10-38-16-6-7-17(28-22(16)25)30-40(3,36)37/h4-7,20H,8-10H2,1-3H3,(H,28,30)(H,34,35). The van der Waals surface area contributed by atoms with Crippen molar-refractivity contribution in [2.24, 2.45) is 0 Å². The zero-order chi connectivity index (χ0) is 28.9. The molecule has 1 aromatic carbocycles. The lowest BCUT2D eigenvalue weighted by molar-refractivity contribution is -0.135. The van der Waals surface area contributed by atoms with Crippen LogP contribution in [0, 0.1) is 19.7 Å². The van der Waals surface area contributed by atoms with Gasteiger partial charge < -0.3 is 14.7 Å². The van der Waals surface area contributed by atoms with Gasteiger partial charge in [-0.1, -0.05) is 29.0 Å². The molecule has 0 aliphatic carbocycles. The third-order valence-corrected chi connectivity index (χ3v) is 7.97. The van der Waals surface area contributed by atoms with E-state index in [4.69, 9.17) is 16.3 Å². The molecule has 2 N–H and O–H groups in total. The quantitative estimate of drug-likeness (QED) is 0.301. The maximum Gasteiger partial charge on any atom is 0.336 e. The Morgan fingerprint density at radius 3 is 2.67 bits per heavy atom. The van der Waals surface area contributed by atoms with E-state index < -0.39 is 40.4 Å². The Hall–Kier alpha value is -3.82. The highest BCUT2D eigenvalue weighted by molar-refractivity contribution is 7.92. The van der Waals surface area contributed by atoms with E-state index in [0.29, 0.717) is 22.8 Å². The second-order valence-electron chi connectivity index (χ2n) is 9.09. The van der Waals surface area contributed by atoms with Gasteiger partial charge in [0.2, 0.25) is 15.0 Å². The maximum absolute atomic E-state index is 15.8. The predicted octanol–water partition coefficient (Wildman–Crippen LogP) is 3.22. The zero-order valence-corrected chi connectivity index (χ0v) is 23.7. The summed E-state index contributed by atoms with van der Waals surface area (Å²) in [4.78, 5) is 35.7. The highest BCUT2D eigenvalue weighted by Gasteiger charge is 2.39. The van der Waals surface area contributed by atoms with Gasteiger partial charge in [0.15, 0.2) is 17.5 Å². The van der Waals surface area contributed by atoms with E-state index in [2.05, 4.69) is 19.8 Å². The fourth-order valence-corrected chi connectivity index (χ4v) is 6.06. The number of carboxylic acid groups (broad SMARTS) is 1. The molecule has 0 saturated carbocycles. The zero-order valence-electron chi connectivity index (χ0n) is 21.3. The van der Waals surface area contributed by atoms with E-state index in [1.165, 1.54) is 47.4 Å². The first-order chi connectivity index (χ1) is 18.8. The second-order valence-corrected chi connectivity index (χ2v) is 12.4. The van der Waals surface area contributed by atoms with E-state index in [1.807, 2.05) is 0 Å². The SMILES string of the molecule is Cc1nn2c3c(nc2s1)CCN(C(=O)COc1ccc(NS(C)(=O)=O)nc1Cl)C3c1ccc(C(=O)O)c(C)c1F. The van der Waals surface area contributed by atoms with E-state index in [1.54, 1.807) is 11.4 Å². The van der Waals surface area contributed by atoms with Gasteiger partial charge in [-0.2, -0.15) is 5.10 Å². The lowest BCUT2D eigenvalue weighted by Gasteiger charge is -2.36. The largest absolute Gasteiger partial charge is 0.481 e. The van der Waals surface area contributed by atoms with Crippen molar-refractivity contribution in [2.45, 2.75) is 26.3 Å². The minimum Gasteiger partial charge on any atom is -0.481 e. The lowest BCUT2D eigenvalue weighted by atomic mass is 9.92. The number of carboxylic acids is 1. The number of aryl methyl sites for hydroxylation is 1. The first kappa shape index (κ1) is 27.7. The molecule has 1 aliphatic heterocycles. The summed E-state index contributed by atoms with van der Waals surface area (Å²) >= 11 is 7.49. The number of hydrogen-bond donors (Lipinski definition) is 2. The molecule has 1 aliphatic rings. The molecule has 1 amide bonds. The number of anilines is 1. The number of nitrogens with one attached hydrogen (secondary N) is 1. The van der Waals surface area contributed by atoms with Crippen LogP contribution in [-0.2, 0) is 21.2 Å². The predicted molar refractivity (Wildman–Crippen MR) is 144 cm³/mol. The number of rotatable bonds is 7. The van der Waals surface area contributed by atoms with E-state index in [9.17, 15) is 23.1 Å². The summed E-state index contributed by atoms with van der Waals surface area (Å²) in [7, 11) is -3.57. The van der Waals surface area contributed by atoms with Crippen molar-refractivity contribution in [3.8, 4) is 5.75 Å². The first-order valence-corrected chi connectivity index (χ1v) is 14.9. The van der Waals surface area contributed by atoms with Gasteiger partial charge in [-0.15, -0.1) is 0 Å². The third kappa shape index (κ3) is 5.19. The Morgan fingerprint density at radius 2 is 2.00 bits per heavy atom. The molecule has 4 aromatic rings. The minimum absolute atomic E-state index is 0.0197. The summed E-state index contributed by atoms with van der Waals surface area (Å²) in [5.41, 5.74) is 1.03. The Balaban J connectivity index is 1.50. The molecule has 210 valence electrons. The van der Waals surface area contributed by atoms with Crippen LogP contribution in [0.15, 0.2) is 24.3 Å². The number of carbonyl (C=O) groups excluding carboxylic acids is 1. The molecule has 40 heavy (non-hydrogen) atoms. The summed E-state index contributed by atoms with van der Waals surface area (Å²) in [5.74, 6) is -2.50. The molecule has 3 aromatic heterocycles. The summed E-state index contributed by atoms with van der Waals surface area (Å²) in [6.45, 7) is 2.88. The van der Waals surface area contributed by atoms with Crippen LogP contribution in [0.1, 0.15) is 43.9 Å². The molecule has 4 heterocycles. The normalized spacial score (nSPS) is 15.2. The molecule has 1 unspecified atom stereocenters. The van der Waals surface area contributed by atoms with Crippen molar-refractivity contribution in [2.75, 3.05) is 24.1 Å². The molecule has 0 radical (unpaired) electrons. The number of pyridine rings is 1. The average molecular weight is 609 g/mol. The van der Waals surface area contributed by atoms with Crippen LogP contribution >= 0.6 is 22.9 Å². The number of imidazole rings is 1. The number of aromatic carboxylic acids is 1. The highest BCUT2D eigenvalue weighted by Crippen LogP contribution is 2.39. The van der Waals surface area contributed by atoms with Gasteiger partial charge in [0, 0.05) is 18.5 Å². The van der Waals surface area contributed by atoms with Crippen molar-refractivity contribution in [1.29, 1.82) is 0 Å². The van der Waals surface area contributed by atoms with Crippen LogP contribution in [0.4, 0.5) is 10.2 Å². The first-order valence-electron chi connectivity index (χ1n) is 11.8. The Labute approximate surface area is 236 Å². The van der Waals surface area contributed by atoms with Crippen molar-refractivity contribution < 1.29 is 32.2 Å². The average Bonchev–Trinajstić information content (AvgIpc) is 3.39. The van der Waals surface area contributed by atoms with E-state index >= 15 is 4.39 Å². The number of sulfonamides is 1. The Morgan fingerprint density at radius 1 is 1.25 bits per heavy atom. The van der Waals surface area contributed by atoms with Crippen molar-refractivity contribution >= 4 is 55.6 Å². The van der Waals surface area contributed by atoms with Gasteiger partial charge in [0.25, 0.3) is 5.91 Å². The highest BCUT2D eigenvalue weighted by atomic mass is 35.5. The van der Waals surface area contributed by atoms with Crippen molar-refractivity contribution in [1.82, 2.24) is 24.5 Å². The topological polar surface area (TPSA) is 156 Å². The van der Waals surface area contributed by atoms with E-state index in [-0.39, 0.29) is 40.0 Å². The number of aromatic nitrogens is 4. The van der Waals surface area contributed by atoms with Gasteiger partial charge in [-0.3, -0.25) is 9.52 Å². The van der Waals surface area contributed by atoms with Crippen LogP contribution in [0.2, 0.25) is 5.15 Å². The summed E-state index contributed by atoms with van der Waals surface area (Å²) < 4.78 is 48.0. The second kappa shape index (κ2) is 10.3. The van der Waals surface area contributed by atoms with Crippen LogP contribution in [0.25, 0.3) is 4.96 Å². The number of halogens is 2. The molecule has 0 fully saturated rings. The number of amides is 1. The fourth-order valence-electron chi connectivity index (χ4n) is 4.59. The van der Waals surface area contributed by atoms with Crippen LogP contribution in [0.5, 0.6) is 5.75 Å². The molecular formula is C24H22ClFN6O6S2. The number of hydrogen-bond acceptors (Lipinski definition) is 9. The molecule has 0 saturated heterocycles. The summed E-state index contributed by atoms with van der Waals surface area (Å²) in [6.07, 6.45) is 1.35. The van der Waals surface area contributed by atoms with Gasteiger partial charge in [0.05, 0.1) is 23.2 Å². The number of benzene rings is 1. The molecule has 12 nitrogen and oxygen atoms in total. The monoisotopic (exact) mass is 608 g/mol.